The number of aromatic amines is 1. The molecule has 1 heterocycles. The molecule has 0 spiro atoms. The van der Waals surface area contributed by atoms with Crippen LogP contribution < -0.4 is 5.56 Å². The van der Waals surface area contributed by atoms with Crippen molar-refractivity contribution < 1.29 is 0 Å². The zero-order chi connectivity index (χ0) is 9.14. The molecule has 1 aromatic rings. The Hall–Kier alpha value is -0.320. The lowest BCUT2D eigenvalue weighted by molar-refractivity contribution is 0.861. The highest BCUT2D eigenvalue weighted by atomic mass is 127. The number of aromatic nitrogens is 1. The topological polar surface area (TPSA) is 32.9 Å². The van der Waals surface area contributed by atoms with Crippen LogP contribution in [0.15, 0.2) is 10.9 Å². The van der Waals surface area contributed by atoms with Crippen molar-refractivity contribution in [2.45, 2.75) is 26.7 Å². The minimum Gasteiger partial charge on any atom is -0.325 e. The van der Waals surface area contributed by atoms with Gasteiger partial charge in [-0.2, -0.15) is 0 Å². The number of halogens is 1. The Labute approximate surface area is 85.5 Å². The lowest BCUT2D eigenvalue weighted by Crippen LogP contribution is -2.13. The van der Waals surface area contributed by atoms with E-state index >= 15 is 0 Å². The van der Waals surface area contributed by atoms with Crippen LogP contribution >= 0.6 is 22.6 Å². The molecule has 0 saturated carbocycles. The van der Waals surface area contributed by atoms with Gasteiger partial charge in [0, 0.05) is 5.69 Å². The van der Waals surface area contributed by atoms with Gasteiger partial charge in [-0.05, 0) is 47.6 Å². The van der Waals surface area contributed by atoms with Gasteiger partial charge < -0.3 is 4.98 Å². The third-order valence-electron chi connectivity index (χ3n) is 1.80. The molecule has 0 aromatic carbocycles. The molecule has 0 saturated heterocycles. The Kier molecular flexibility index (Phi) is 3.31. The molecule has 1 rings (SSSR count). The summed E-state index contributed by atoms with van der Waals surface area (Å²) >= 11 is 2.05. The minimum absolute atomic E-state index is 0.0321. The smallest absolute Gasteiger partial charge is 0.261 e. The van der Waals surface area contributed by atoms with Crippen molar-refractivity contribution in [1.82, 2.24) is 4.98 Å². The van der Waals surface area contributed by atoms with Gasteiger partial charge in [0.25, 0.3) is 5.56 Å². The number of nitrogens with one attached hydrogen (secondary N) is 1. The number of hydrogen-bond acceptors (Lipinski definition) is 1. The Morgan fingerprint density at radius 3 is 2.83 bits per heavy atom. The average Bonchev–Trinajstić information content (AvgIpc) is 2.01. The highest BCUT2D eigenvalue weighted by Gasteiger charge is 2.01. The maximum absolute atomic E-state index is 11.2. The Morgan fingerprint density at radius 1 is 1.58 bits per heavy atom. The second-order valence-corrected chi connectivity index (χ2v) is 4.02. The maximum Gasteiger partial charge on any atom is 0.261 e. The molecule has 1 N–H and O–H groups in total. The summed E-state index contributed by atoms with van der Waals surface area (Å²) in [7, 11) is 0. The predicted octanol–water partition coefficient (Wildman–Crippen LogP) is 2.24. The number of H-pyrrole nitrogens is 1. The summed E-state index contributed by atoms with van der Waals surface area (Å²) in [5.74, 6) is 0. The van der Waals surface area contributed by atoms with E-state index in [0.717, 1.165) is 22.1 Å². The summed E-state index contributed by atoms with van der Waals surface area (Å²) in [5.41, 5.74) is 2.29. The monoisotopic (exact) mass is 277 g/mol. The van der Waals surface area contributed by atoms with Crippen LogP contribution in [0.5, 0.6) is 0 Å². The van der Waals surface area contributed by atoms with Crippen molar-refractivity contribution in [1.29, 1.82) is 0 Å². The summed E-state index contributed by atoms with van der Waals surface area (Å²) in [6, 6.07) is 1.93. The predicted molar refractivity (Wildman–Crippen MR) is 58.5 cm³/mol. The van der Waals surface area contributed by atoms with Crippen molar-refractivity contribution in [3.63, 3.8) is 0 Å². The van der Waals surface area contributed by atoms with E-state index < -0.39 is 0 Å². The second kappa shape index (κ2) is 4.07. The van der Waals surface area contributed by atoms with Crippen molar-refractivity contribution in [3.8, 4) is 0 Å². The molecule has 0 aliphatic rings. The molecule has 0 aliphatic carbocycles. The molecule has 0 radical (unpaired) electrons. The first-order valence-electron chi connectivity index (χ1n) is 4.03. The van der Waals surface area contributed by atoms with Gasteiger partial charge in [0.15, 0.2) is 0 Å². The number of hydrogen-bond donors (Lipinski definition) is 1. The van der Waals surface area contributed by atoms with E-state index in [1.54, 1.807) is 0 Å². The fraction of sp³-hybridized carbons (Fsp3) is 0.444. The number of rotatable bonds is 2. The van der Waals surface area contributed by atoms with E-state index in [9.17, 15) is 4.79 Å². The highest BCUT2D eigenvalue weighted by molar-refractivity contribution is 14.1. The largest absolute Gasteiger partial charge is 0.325 e. The molecule has 0 aliphatic heterocycles. The average molecular weight is 277 g/mol. The van der Waals surface area contributed by atoms with Gasteiger partial charge in [-0.15, -0.1) is 0 Å². The summed E-state index contributed by atoms with van der Waals surface area (Å²) < 4.78 is 0.768. The molecular formula is C9H12INO. The Balaban J connectivity index is 3.14. The van der Waals surface area contributed by atoms with Crippen LogP contribution in [0.25, 0.3) is 0 Å². The molecular weight excluding hydrogens is 265 g/mol. The van der Waals surface area contributed by atoms with E-state index in [1.165, 1.54) is 5.56 Å². The molecule has 0 atom stereocenters. The molecule has 0 unspecified atom stereocenters. The summed E-state index contributed by atoms with van der Waals surface area (Å²) in [6.45, 7) is 4.14. The number of pyridine rings is 1. The highest BCUT2D eigenvalue weighted by Crippen LogP contribution is 2.07. The van der Waals surface area contributed by atoms with Crippen molar-refractivity contribution in [2.75, 3.05) is 0 Å². The quantitative estimate of drug-likeness (QED) is 0.826. The van der Waals surface area contributed by atoms with Gasteiger partial charge in [-0.3, -0.25) is 4.79 Å². The fourth-order valence-corrected chi connectivity index (χ4v) is 1.75. The van der Waals surface area contributed by atoms with E-state index in [4.69, 9.17) is 0 Å². The van der Waals surface area contributed by atoms with Crippen LogP contribution in [0.4, 0.5) is 0 Å². The summed E-state index contributed by atoms with van der Waals surface area (Å²) in [4.78, 5) is 14.1. The van der Waals surface area contributed by atoms with E-state index in [2.05, 4.69) is 34.5 Å². The van der Waals surface area contributed by atoms with Crippen LogP contribution in [-0.2, 0) is 6.42 Å². The number of aryl methyl sites for hydroxylation is 2. The molecule has 1 aromatic heterocycles. The Bertz CT molecular complexity index is 330. The van der Waals surface area contributed by atoms with Gasteiger partial charge in [0.1, 0.15) is 0 Å². The van der Waals surface area contributed by atoms with E-state index in [1.807, 2.05) is 13.0 Å². The third-order valence-corrected chi connectivity index (χ3v) is 2.60. The SMILES string of the molecule is CCCc1[nH]c(=O)c(I)cc1C. The van der Waals surface area contributed by atoms with Gasteiger partial charge in [-0.1, -0.05) is 13.3 Å². The minimum atomic E-state index is 0.0321. The van der Waals surface area contributed by atoms with Crippen LogP contribution in [0.2, 0.25) is 0 Å². The van der Waals surface area contributed by atoms with E-state index in [0.29, 0.717) is 0 Å². The van der Waals surface area contributed by atoms with Crippen LogP contribution in [0.1, 0.15) is 24.6 Å². The van der Waals surface area contributed by atoms with E-state index in [-0.39, 0.29) is 5.56 Å². The first-order chi connectivity index (χ1) is 5.65. The molecule has 12 heavy (non-hydrogen) atoms. The zero-order valence-electron chi connectivity index (χ0n) is 7.28. The van der Waals surface area contributed by atoms with Crippen LogP contribution in [0, 0.1) is 10.5 Å². The third kappa shape index (κ3) is 2.09. The first-order valence-corrected chi connectivity index (χ1v) is 5.11. The van der Waals surface area contributed by atoms with Crippen molar-refractivity contribution in [3.05, 3.63) is 31.2 Å². The fourth-order valence-electron chi connectivity index (χ4n) is 1.15. The molecule has 0 bridgehead atoms. The van der Waals surface area contributed by atoms with Crippen LogP contribution in [-0.4, -0.2) is 4.98 Å². The summed E-state index contributed by atoms with van der Waals surface area (Å²) in [6.07, 6.45) is 2.02. The maximum atomic E-state index is 11.2. The summed E-state index contributed by atoms with van der Waals surface area (Å²) in [5, 5.41) is 0. The molecule has 66 valence electrons. The Morgan fingerprint density at radius 2 is 2.25 bits per heavy atom. The lowest BCUT2D eigenvalue weighted by atomic mass is 10.1. The van der Waals surface area contributed by atoms with Crippen molar-refractivity contribution in [2.24, 2.45) is 0 Å². The second-order valence-electron chi connectivity index (χ2n) is 2.86. The van der Waals surface area contributed by atoms with Gasteiger partial charge in [-0.25, -0.2) is 0 Å². The first kappa shape index (κ1) is 9.77. The standard InChI is InChI=1S/C9H12INO/c1-3-4-8-6(2)5-7(10)9(12)11-8/h5H,3-4H2,1-2H3,(H,11,12). The molecule has 2 nitrogen and oxygen atoms in total. The molecule has 3 heteroatoms. The van der Waals surface area contributed by atoms with Gasteiger partial charge >= 0.3 is 0 Å². The molecule has 0 fully saturated rings. The van der Waals surface area contributed by atoms with Gasteiger partial charge in [0.2, 0.25) is 0 Å². The van der Waals surface area contributed by atoms with Gasteiger partial charge in [0.05, 0.1) is 3.57 Å². The lowest BCUT2D eigenvalue weighted by Gasteiger charge is -2.03. The molecule has 0 amide bonds. The van der Waals surface area contributed by atoms with Crippen molar-refractivity contribution >= 4 is 22.6 Å². The normalized spacial score (nSPS) is 10.2. The van der Waals surface area contributed by atoms with Crippen LogP contribution in [0.3, 0.4) is 0 Å². The zero-order valence-corrected chi connectivity index (χ0v) is 9.44.